The molecule has 0 saturated carbocycles. The minimum atomic E-state index is -3.86. The van der Waals surface area contributed by atoms with Gasteiger partial charge in [-0.25, -0.2) is 31.9 Å². The number of nitriles is 1. The van der Waals surface area contributed by atoms with Crippen LogP contribution in [0.25, 0.3) is 0 Å². The normalized spacial score (nSPS) is 12.0. The zero-order valence-electron chi connectivity index (χ0n) is 8.44. The molecule has 1 aromatic heterocycles. The first kappa shape index (κ1) is 13.5. The van der Waals surface area contributed by atoms with Gasteiger partial charge in [0.05, 0.1) is 23.9 Å². The lowest BCUT2D eigenvalue weighted by Gasteiger charge is -2.01. The highest BCUT2D eigenvalue weighted by Gasteiger charge is 2.19. The Bertz CT molecular complexity index is 642. The molecule has 10 heteroatoms. The fourth-order valence-electron chi connectivity index (χ4n) is 0.865. The molecule has 0 aliphatic carbocycles. The van der Waals surface area contributed by atoms with Crippen LogP contribution < -0.4 is 5.14 Å². The zero-order valence-corrected chi connectivity index (χ0v) is 10.1. The molecule has 1 heterocycles. The van der Waals surface area contributed by atoms with Crippen molar-refractivity contribution < 1.29 is 16.8 Å². The number of nitrogens with zero attached hydrogens (tertiary/aromatic N) is 3. The first-order valence-corrected chi connectivity index (χ1v) is 7.57. The lowest BCUT2D eigenvalue weighted by atomic mass is 10.5. The standard InChI is InChI=1S/C7H8N4O4S2/c8-3-6-4-11-7(5-10-6)16(12,13)1-2-17(9,14)15/h4-5H,1-2H2,(H2,9,14,15). The molecule has 8 nitrogen and oxygen atoms in total. The van der Waals surface area contributed by atoms with Crippen LogP contribution in [0.1, 0.15) is 5.69 Å². The van der Waals surface area contributed by atoms with E-state index in [1.807, 2.05) is 0 Å². The molecule has 0 aliphatic rings. The van der Waals surface area contributed by atoms with Gasteiger partial charge in [0.1, 0.15) is 6.07 Å². The Kier molecular flexibility index (Phi) is 3.76. The predicted molar refractivity (Wildman–Crippen MR) is 56.8 cm³/mol. The van der Waals surface area contributed by atoms with E-state index in [0.29, 0.717) is 0 Å². The van der Waals surface area contributed by atoms with Crippen LogP contribution in [0.4, 0.5) is 0 Å². The van der Waals surface area contributed by atoms with Crippen LogP contribution in [0.5, 0.6) is 0 Å². The first-order valence-electron chi connectivity index (χ1n) is 4.20. The third-order valence-corrected chi connectivity index (χ3v) is 4.32. The summed E-state index contributed by atoms with van der Waals surface area (Å²) in [5.41, 5.74) is -0.0320. The number of aromatic nitrogens is 2. The molecule has 0 aromatic carbocycles. The van der Waals surface area contributed by atoms with Crippen LogP contribution in [0, 0.1) is 11.3 Å². The number of rotatable bonds is 4. The summed E-state index contributed by atoms with van der Waals surface area (Å²) in [6.45, 7) is 0. The van der Waals surface area contributed by atoms with Gasteiger partial charge in [0, 0.05) is 0 Å². The van der Waals surface area contributed by atoms with E-state index in [9.17, 15) is 16.8 Å². The van der Waals surface area contributed by atoms with Gasteiger partial charge in [0.25, 0.3) is 0 Å². The highest BCUT2D eigenvalue weighted by Crippen LogP contribution is 2.06. The van der Waals surface area contributed by atoms with E-state index in [1.165, 1.54) is 0 Å². The van der Waals surface area contributed by atoms with Crippen molar-refractivity contribution in [3.63, 3.8) is 0 Å². The fourth-order valence-corrected chi connectivity index (χ4v) is 3.31. The van der Waals surface area contributed by atoms with Gasteiger partial charge in [0.2, 0.25) is 10.0 Å². The molecule has 0 unspecified atom stereocenters. The molecule has 0 aliphatic heterocycles. The molecule has 0 atom stereocenters. The number of hydrogen-bond acceptors (Lipinski definition) is 7. The number of sulfone groups is 1. The smallest absolute Gasteiger partial charge is 0.210 e. The summed E-state index contributed by atoms with van der Waals surface area (Å²) in [4.78, 5) is 7.04. The van der Waals surface area contributed by atoms with Crippen LogP contribution in [-0.4, -0.2) is 38.3 Å². The van der Waals surface area contributed by atoms with Gasteiger partial charge < -0.3 is 0 Å². The van der Waals surface area contributed by atoms with Crippen LogP contribution in [0.2, 0.25) is 0 Å². The number of hydrogen-bond donors (Lipinski definition) is 1. The first-order chi connectivity index (χ1) is 7.74. The molecule has 0 spiro atoms. The molecule has 0 bridgehead atoms. The van der Waals surface area contributed by atoms with Crippen molar-refractivity contribution in [1.29, 1.82) is 5.26 Å². The SMILES string of the molecule is N#Cc1cnc(S(=O)(=O)CCS(N)(=O)=O)cn1. The monoisotopic (exact) mass is 276 g/mol. The number of nitrogens with two attached hydrogens (primary N) is 1. The van der Waals surface area contributed by atoms with E-state index in [1.54, 1.807) is 6.07 Å². The Hall–Kier alpha value is -1.57. The molecule has 0 radical (unpaired) electrons. The summed E-state index contributed by atoms with van der Waals surface area (Å²) in [5, 5.41) is 12.7. The molecule has 0 saturated heterocycles. The number of primary sulfonamides is 1. The van der Waals surface area contributed by atoms with E-state index < -0.39 is 31.4 Å². The Morgan fingerprint density at radius 1 is 1.18 bits per heavy atom. The molecule has 0 amide bonds. The molecule has 92 valence electrons. The van der Waals surface area contributed by atoms with Crippen LogP contribution >= 0.6 is 0 Å². The van der Waals surface area contributed by atoms with E-state index in [4.69, 9.17) is 10.4 Å². The Balaban J connectivity index is 2.94. The maximum atomic E-state index is 11.6. The summed E-state index contributed by atoms with van der Waals surface area (Å²) < 4.78 is 44.4. The summed E-state index contributed by atoms with van der Waals surface area (Å²) in [6.07, 6.45) is 1.89. The van der Waals surface area contributed by atoms with E-state index >= 15 is 0 Å². The lowest BCUT2D eigenvalue weighted by molar-refractivity contribution is 0.585. The predicted octanol–water partition coefficient (Wildman–Crippen LogP) is -1.59. The zero-order chi connectivity index (χ0) is 13.1. The molecule has 17 heavy (non-hydrogen) atoms. The van der Waals surface area contributed by atoms with Gasteiger partial charge in [-0.2, -0.15) is 5.26 Å². The highest BCUT2D eigenvalue weighted by atomic mass is 32.2. The maximum absolute atomic E-state index is 11.6. The van der Waals surface area contributed by atoms with E-state index in [-0.39, 0.29) is 10.7 Å². The van der Waals surface area contributed by atoms with Crippen molar-refractivity contribution in [1.82, 2.24) is 9.97 Å². The van der Waals surface area contributed by atoms with Gasteiger partial charge in [-0.1, -0.05) is 0 Å². The van der Waals surface area contributed by atoms with Gasteiger partial charge in [-0.05, 0) is 0 Å². The van der Waals surface area contributed by atoms with Gasteiger partial charge in [0.15, 0.2) is 20.6 Å². The quantitative estimate of drug-likeness (QED) is 0.697. The minimum Gasteiger partial charge on any atom is -0.241 e. The second-order valence-corrected chi connectivity index (χ2v) is 6.83. The molecule has 1 rings (SSSR count). The summed E-state index contributed by atoms with van der Waals surface area (Å²) in [5.74, 6) is -1.37. The highest BCUT2D eigenvalue weighted by molar-refractivity contribution is 7.94. The van der Waals surface area contributed by atoms with Crippen LogP contribution in [-0.2, 0) is 19.9 Å². The van der Waals surface area contributed by atoms with Gasteiger partial charge >= 0.3 is 0 Å². The third kappa shape index (κ3) is 4.06. The second-order valence-electron chi connectivity index (χ2n) is 3.04. The lowest BCUT2D eigenvalue weighted by Crippen LogP contribution is -2.23. The Morgan fingerprint density at radius 2 is 1.82 bits per heavy atom. The minimum absolute atomic E-state index is 0.0320. The molecule has 1 aromatic rings. The van der Waals surface area contributed by atoms with Crippen molar-refractivity contribution in [2.45, 2.75) is 5.03 Å². The summed E-state index contributed by atoms with van der Waals surface area (Å²) in [7, 11) is -7.72. The van der Waals surface area contributed by atoms with Crippen molar-refractivity contribution in [2.24, 2.45) is 5.14 Å². The van der Waals surface area contributed by atoms with E-state index in [2.05, 4.69) is 9.97 Å². The molecular weight excluding hydrogens is 268 g/mol. The summed E-state index contributed by atoms with van der Waals surface area (Å²) in [6, 6.07) is 1.68. The average molecular weight is 276 g/mol. The van der Waals surface area contributed by atoms with Gasteiger partial charge in [-0.3, -0.25) is 0 Å². The fraction of sp³-hybridized carbons (Fsp3) is 0.286. The number of sulfonamides is 1. The Morgan fingerprint density at radius 3 is 2.24 bits per heavy atom. The average Bonchev–Trinajstić information content (AvgIpc) is 2.26. The summed E-state index contributed by atoms with van der Waals surface area (Å²) >= 11 is 0. The molecule has 2 N–H and O–H groups in total. The van der Waals surface area contributed by atoms with Crippen molar-refractivity contribution in [3.05, 3.63) is 18.1 Å². The third-order valence-electron chi connectivity index (χ3n) is 1.70. The Labute approximate surface area is 98.1 Å². The molecular formula is C7H8N4O4S2. The maximum Gasteiger partial charge on any atom is 0.210 e. The van der Waals surface area contributed by atoms with Crippen LogP contribution in [0.15, 0.2) is 17.4 Å². The molecule has 0 fully saturated rings. The van der Waals surface area contributed by atoms with E-state index in [0.717, 1.165) is 12.4 Å². The van der Waals surface area contributed by atoms with Gasteiger partial charge in [-0.15, -0.1) is 0 Å². The van der Waals surface area contributed by atoms with Crippen molar-refractivity contribution in [3.8, 4) is 6.07 Å². The van der Waals surface area contributed by atoms with Crippen molar-refractivity contribution >= 4 is 19.9 Å². The second kappa shape index (κ2) is 4.74. The van der Waals surface area contributed by atoms with Crippen LogP contribution in [0.3, 0.4) is 0 Å². The topological polar surface area (TPSA) is 144 Å². The van der Waals surface area contributed by atoms with Crippen molar-refractivity contribution in [2.75, 3.05) is 11.5 Å². The largest absolute Gasteiger partial charge is 0.241 e.